The molecular formula is C16H25NOS2. The highest BCUT2D eigenvalue weighted by Gasteiger charge is 2.18. The van der Waals surface area contributed by atoms with Crippen molar-refractivity contribution >= 4 is 29.0 Å². The highest BCUT2D eigenvalue weighted by atomic mass is 32.2. The van der Waals surface area contributed by atoms with Crippen LogP contribution in [0.3, 0.4) is 0 Å². The van der Waals surface area contributed by atoms with Crippen LogP contribution in [0.25, 0.3) is 0 Å². The van der Waals surface area contributed by atoms with Gasteiger partial charge in [0.05, 0.1) is 5.56 Å². The molecule has 112 valence electrons. The average Bonchev–Trinajstić information content (AvgIpc) is 2.71. The lowest BCUT2D eigenvalue weighted by Crippen LogP contribution is -2.25. The van der Waals surface area contributed by atoms with Crippen molar-refractivity contribution in [3.63, 3.8) is 0 Å². The van der Waals surface area contributed by atoms with E-state index in [1.54, 1.807) is 11.3 Å². The Balaban J connectivity index is 1.79. The van der Waals surface area contributed by atoms with Crippen LogP contribution in [0.5, 0.6) is 0 Å². The lowest BCUT2D eigenvalue weighted by atomic mass is 10.1. The maximum absolute atomic E-state index is 12.3. The van der Waals surface area contributed by atoms with Crippen molar-refractivity contribution in [3.8, 4) is 0 Å². The molecule has 20 heavy (non-hydrogen) atoms. The van der Waals surface area contributed by atoms with Gasteiger partial charge in [-0.25, -0.2) is 0 Å². The summed E-state index contributed by atoms with van der Waals surface area (Å²) in [5.74, 6) is 2.52. The second-order valence-corrected chi connectivity index (χ2v) is 7.52. The van der Waals surface area contributed by atoms with Crippen LogP contribution < -0.4 is 5.32 Å². The summed E-state index contributed by atoms with van der Waals surface area (Å²) in [6.07, 6.45) is 8.38. The van der Waals surface area contributed by atoms with Gasteiger partial charge < -0.3 is 5.32 Å². The topological polar surface area (TPSA) is 29.1 Å². The van der Waals surface area contributed by atoms with Gasteiger partial charge in [0.1, 0.15) is 0 Å². The summed E-state index contributed by atoms with van der Waals surface area (Å²) in [4.78, 5) is 13.7. The van der Waals surface area contributed by atoms with E-state index in [0.29, 0.717) is 0 Å². The van der Waals surface area contributed by atoms with Gasteiger partial charge in [-0.05, 0) is 55.6 Å². The van der Waals surface area contributed by atoms with Gasteiger partial charge in [0, 0.05) is 16.8 Å². The summed E-state index contributed by atoms with van der Waals surface area (Å²) in [5, 5.41) is 5.15. The number of rotatable bonds is 7. The van der Waals surface area contributed by atoms with Crippen LogP contribution >= 0.6 is 23.1 Å². The zero-order valence-corrected chi connectivity index (χ0v) is 14.0. The fraction of sp³-hybridized carbons (Fsp3) is 0.688. The van der Waals surface area contributed by atoms with Crippen LogP contribution in [0.15, 0.2) is 5.38 Å². The van der Waals surface area contributed by atoms with Crippen LogP contribution in [-0.2, 0) is 12.8 Å². The molecule has 1 aromatic rings. The van der Waals surface area contributed by atoms with Gasteiger partial charge in [-0.2, -0.15) is 11.8 Å². The standard InChI is InChI=1S/C16H25NOS2/c1-2-10-19-11-6-9-17-16(18)14-12-20-15-8-5-3-4-7-13(14)15/h12H,2-11H2,1H3,(H,17,18). The summed E-state index contributed by atoms with van der Waals surface area (Å²) in [7, 11) is 0. The molecule has 0 saturated carbocycles. The number of thioether (sulfide) groups is 1. The number of thiophene rings is 1. The molecule has 1 aliphatic carbocycles. The van der Waals surface area contributed by atoms with Crippen molar-refractivity contribution < 1.29 is 4.79 Å². The number of hydrogen-bond acceptors (Lipinski definition) is 3. The summed E-state index contributed by atoms with van der Waals surface area (Å²) in [6, 6.07) is 0. The molecule has 0 aliphatic heterocycles. The first kappa shape index (κ1) is 15.9. The predicted molar refractivity (Wildman–Crippen MR) is 90.1 cm³/mol. The molecule has 2 nitrogen and oxygen atoms in total. The normalized spacial score (nSPS) is 14.7. The fourth-order valence-electron chi connectivity index (χ4n) is 2.58. The highest BCUT2D eigenvalue weighted by molar-refractivity contribution is 7.99. The Morgan fingerprint density at radius 1 is 1.30 bits per heavy atom. The van der Waals surface area contributed by atoms with Crippen molar-refractivity contribution in [2.24, 2.45) is 0 Å². The zero-order valence-electron chi connectivity index (χ0n) is 12.4. The quantitative estimate of drug-likeness (QED) is 0.601. The van der Waals surface area contributed by atoms with Gasteiger partial charge in [-0.3, -0.25) is 4.79 Å². The number of amides is 1. The van der Waals surface area contributed by atoms with Gasteiger partial charge in [0.25, 0.3) is 5.91 Å². The molecular weight excluding hydrogens is 286 g/mol. The summed E-state index contributed by atoms with van der Waals surface area (Å²) >= 11 is 3.76. The summed E-state index contributed by atoms with van der Waals surface area (Å²) in [5.41, 5.74) is 2.29. The Labute approximate surface area is 130 Å². The van der Waals surface area contributed by atoms with Crippen LogP contribution in [0.1, 0.15) is 59.8 Å². The Hall–Kier alpha value is -0.480. The molecule has 4 heteroatoms. The summed E-state index contributed by atoms with van der Waals surface area (Å²) < 4.78 is 0. The van der Waals surface area contributed by atoms with Gasteiger partial charge in [0.2, 0.25) is 0 Å². The molecule has 1 N–H and O–H groups in total. The number of aryl methyl sites for hydroxylation is 1. The average molecular weight is 312 g/mol. The second kappa shape index (κ2) is 8.73. The molecule has 1 heterocycles. The van der Waals surface area contributed by atoms with Gasteiger partial charge in [-0.15, -0.1) is 11.3 Å². The van der Waals surface area contributed by atoms with Crippen LogP contribution in [0.4, 0.5) is 0 Å². The first-order valence-corrected chi connectivity index (χ1v) is 9.81. The number of fused-ring (bicyclic) bond motifs is 1. The molecule has 0 aromatic carbocycles. The monoisotopic (exact) mass is 311 g/mol. The van der Waals surface area contributed by atoms with Crippen LogP contribution in [0.2, 0.25) is 0 Å². The SMILES string of the molecule is CCCSCCCNC(=O)c1csc2c1CCCCC2. The summed E-state index contributed by atoms with van der Waals surface area (Å²) in [6.45, 7) is 3.01. The van der Waals surface area contributed by atoms with Gasteiger partial charge in [-0.1, -0.05) is 13.3 Å². The van der Waals surface area contributed by atoms with E-state index in [4.69, 9.17) is 0 Å². The Morgan fingerprint density at radius 3 is 3.00 bits per heavy atom. The lowest BCUT2D eigenvalue weighted by Gasteiger charge is -2.06. The van der Waals surface area contributed by atoms with E-state index < -0.39 is 0 Å². The molecule has 0 bridgehead atoms. The molecule has 1 amide bonds. The largest absolute Gasteiger partial charge is 0.352 e. The predicted octanol–water partition coefficient (Wildman–Crippen LogP) is 4.28. The fourth-order valence-corrected chi connectivity index (χ4v) is 4.55. The molecule has 1 aliphatic rings. The number of carbonyl (C=O) groups is 1. The Morgan fingerprint density at radius 2 is 2.15 bits per heavy atom. The third kappa shape index (κ3) is 4.52. The minimum atomic E-state index is 0.143. The van der Waals surface area contributed by atoms with E-state index in [9.17, 15) is 4.79 Å². The van der Waals surface area contributed by atoms with Crippen molar-refractivity contribution in [1.82, 2.24) is 5.32 Å². The molecule has 1 aromatic heterocycles. The number of carbonyl (C=O) groups excluding carboxylic acids is 1. The van der Waals surface area contributed by atoms with E-state index in [-0.39, 0.29) is 5.91 Å². The molecule has 0 spiro atoms. The maximum atomic E-state index is 12.3. The number of hydrogen-bond donors (Lipinski definition) is 1. The van der Waals surface area contributed by atoms with Crippen molar-refractivity contribution in [2.45, 2.75) is 51.9 Å². The zero-order chi connectivity index (χ0) is 14.2. The van der Waals surface area contributed by atoms with Gasteiger partial charge in [0.15, 0.2) is 0 Å². The molecule has 0 fully saturated rings. The molecule has 0 unspecified atom stereocenters. The number of nitrogens with one attached hydrogen (secondary N) is 1. The molecule has 2 rings (SSSR count). The molecule has 0 atom stereocenters. The van der Waals surface area contributed by atoms with Gasteiger partial charge >= 0.3 is 0 Å². The van der Waals surface area contributed by atoms with E-state index in [0.717, 1.165) is 30.7 Å². The highest BCUT2D eigenvalue weighted by Crippen LogP contribution is 2.29. The van der Waals surface area contributed by atoms with E-state index >= 15 is 0 Å². The molecule has 0 saturated heterocycles. The minimum absolute atomic E-state index is 0.143. The third-order valence-electron chi connectivity index (χ3n) is 3.66. The Bertz CT molecular complexity index is 428. The first-order chi connectivity index (χ1) is 9.83. The lowest BCUT2D eigenvalue weighted by molar-refractivity contribution is 0.0953. The third-order valence-corrected chi connectivity index (χ3v) is 6.02. The van der Waals surface area contributed by atoms with Crippen molar-refractivity contribution in [2.75, 3.05) is 18.1 Å². The van der Waals surface area contributed by atoms with Crippen molar-refractivity contribution in [1.29, 1.82) is 0 Å². The second-order valence-electron chi connectivity index (χ2n) is 5.33. The van der Waals surface area contributed by atoms with Crippen molar-refractivity contribution in [3.05, 3.63) is 21.4 Å². The van der Waals surface area contributed by atoms with E-state index in [1.807, 2.05) is 11.8 Å². The first-order valence-electron chi connectivity index (χ1n) is 7.78. The Kier molecular flexibility index (Phi) is 6.94. The molecule has 0 radical (unpaired) electrons. The smallest absolute Gasteiger partial charge is 0.252 e. The van der Waals surface area contributed by atoms with E-state index in [2.05, 4.69) is 17.6 Å². The van der Waals surface area contributed by atoms with Crippen LogP contribution in [0, 0.1) is 0 Å². The van der Waals surface area contributed by atoms with E-state index in [1.165, 1.54) is 48.3 Å². The van der Waals surface area contributed by atoms with Crippen LogP contribution in [-0.4, -0.2) is 24.0 Å². The maximum Gasteiger partial charge on any atom is 0.252 e. The minimum Gasteiger partial charge on any atom is -0.352 e.